The molecule has 0 spiro atoms. The summed E-state index contributed by atoms with van der Waals surface area (Å²) in [7, 11) is 0. The highest BCUT2D eigenvalue weighted by atomic mass is 16.5. The van der Waals surface area contributed by atoms with Crippen molar-refractivity contribution in [2.75, 3.05) is 6.61 Å². The van der Waals surface area contributed by atoms with Gasteiger partial charge in [0, 0.05) is 12.6 Å². The van der Waals surface area contributed by atoms with Gasteiger partial charge in [-0.15, -0.1) is 0 Å². The van der Waals surface area contributed by atoms with Crippen LogP contribution in [-0.2, 0) is 4.74 Å². The Labute approximate surface area is 101 Å². The van der Waals surface area contributed by atoms with Crippen LogP contribution in [0.25, 0.3) is 0 Å². The summed E-state index contributed by atoms with van der Waals surface area (Å²) >= 11 is 0. The molecule has 16 heavy (non-hydrogen) atoms. The standard InChI is InChI=1S/C14H29NO/c1-12(15)6-4-5-11-16-13-7-9-14(2,3)10-8-13/h12-13H,4-11,15H2,1-3H3. The highest BCUT2D eigenvalue weighted by Gasteiger charge is 2.26. The molecule has 1 unspecified atom stereocenters. The van der Waals surface area contributed by atoms with Crippen LogP contribution in [-0.4, -0.2) is 18.8 Å². The quantitative estimate of drug-likeness (QED) is 0.705. The predicted molar refractivity (Wildman–Crippen MR) is 69.5 cm³/mol. The Balaban J connectivity index is 1.98. The fourth-order valence-electron chi connectivity index (χ4n) is 2.36. The van der Waals surface area contributed by atoms with Gasteiger partial charge in [0.25, 0.3) is 0 Å². The topological polar surface area (TPSA) is 35.2 Å². The van der Waals surface area contributed by atoms with Gasteiger partial charge in [0.15, 0.2) is 0 Å². The van der Waals surface area contributed by atoms with Crippen molar-refractivity contribution in [2.45, 2.75) is 77.9 Å². The lowest BCUT2D eigenvalue weighted by Gasteiger charge is -2.34. The number of unbranched alkanes of at least 4 members (excludes halogenated alkanes) is 1. The lowest BCUT2D eigenvalue weighted by Crippen LogP contribution is -2.26. The lowest BCUT2D eigenvalue weighted by molar-refractivity contribution is 0.00269. The summed E-state index contributed by atoms with van der Waals surface area (Å²) in [5.74, 6) is 0. The monoisotopic (exact) mass is 227 g/mol. The van der Waals surface area contributed by atoms with Crippen LogP contribution in [0.2, 0.25) is 0 Å². The van der Waals surface area contributed by atoms with E-state index in [1.807, 2.05) is 0 Å². The fraction of sp³-hybridized carbons (Fsp3) is 1.00. The third kappa shape index (κ3) is 5.86. The average molecular weight is 227 g/mol. The fourth-order valence-corrected chi connectivity index (χ4v) is 2.36. The number of hydrogen-bond acceptors (Lipinski definition) is 2. The summed E-state index contributed by atoms with van der Waals surface area (Å²) in [6, 6.07) is 0.343. The van der Waals surface area contributed by atoms with Crippen LogP contribution in [0.1, 0.15) is 65.7 Å². The maximum absolute atomic E-state index is 5.92. The summed E-state index contributed by atoms with van der Waals surface area (Å²) in [6.07, 6.45) is 9.16. The number of nitrogens with two attached hydrogens (primary N) is 1. The average Bonchev–Trinajstić information content (AvgIpc) is 2.19. The van der Waals surface area contributed by atoms with E-state index in [4.69, 9.17) is 10.5 Å². The van der Waals surface area contributed by atoms with Crippen molar-refractivity contribution in [2.24, 2.45) is 11.1 Å². The summed E-state index contributed by atoms with van der Waals surface area (Å²) < 4.78 is 5.92. The van der Waals surface area contributed by atoms with E-state index in [2.05, 4.69) is 20.8 Å². The van der Waals surface area contributed by atoms with E-state index < -0.39 is 0 Å². The summed E-state index contributed by atoms with van der Waals surface area (Å²) in [5, 5.41) is 0. The van der Waals surface area contributed by atoms with Crippen LogP contribution in [0, 0.1) is 5.41 Å². The molecule has 0 amide bonds. The maximum Gasteiger partial charge on any atom is 0.0575 e. The van der Waals surface area contributed by atoms with E-state index in [0.717, 1.165) is 13.0 Å². The van der Waals surface area contributed by atoms with Gasteiger partial charge in [0.05, 0.1) is 6.10 Å². The smallest absolute Gasteiger partial charge is 0.0575 e. The zero-order valence-corrected chi connectivity index (χ0v) is 11.3. The van der Waals surface area contributed by atoms with Gasteiger partial charge in [0.2, 0.25) is 0 Å². The maximum atomic E-state index is 5.92. The second kappa shape index (κ2) is 6.61. The first kappa shape index (κ1) is 14.0. The number of ether oxygens (including phenoxy) is 1. The molecule has 0 saturated heterocycles. The molecule has 0 heterocycles. The van der Waals surface area contributed by atoms with Crippen molar-refractivity contribution in [3.63, 3.8) is 0 Å². The minimum Gasteiger partial charge on any atom is -0.378 e. The Kier molecular flexibility index (Phi) is 5.77. The molecule has 1 rings (SSSR count). The second-order valence-electron chi connectivity index (χ2n) is 6.21. The van der Waals surface area contributed by atoms with Gasteiger partial charge in [-0.05, 0) is 57.3 Å². The van der Waals surface area contributed by atoms with E-state index in [1.54, 1.807) is 0 Å². The largest absolute Gasteiger partial charge is 0.378 e. The Hall–Kier alpha value is -0.0800. The van der Waals surface area contributed by atoms with Gasteiger partial charge in [-0.2, -0.15) is 0 Å². The highest BCUT2D eigenvalue weighted by molar-refractivity contribution is 4.78. The van der Waals surface area contributed by atoms with Gasteiger partial charge in [-0.1, -0.05) is 13.8 Å². The van der Waals surface area contributed by atoms with E-state index in [1.165, 1.54) is 38.5 Å². The van der Waals surface area contributed by atoms with Crippen LogP contribution in [0.3, 0.4) is 0 Å². The third-order valence-corrected chi connectivity index (χ3v) is 3.69. The zero-order chi connectivity index (χ0) is 12.0. The molecule has 1 aliphatic rings. The highest BCUT2D eigenvalue weighted by Crippen LogP contribution is 2.36. The minimum absolute atomic E-state index is 0.343. The first-order valence-corrected chi connectivity index (χ1v) is 6.87. The summed E-state index contributed by atoms with van der Waals surface area (Å²) in [5.41, 5.74) is 6.26. The molecular formula is C14H29NO. The number of hydrogen-bond donors (Lipinski definition) is 1. The normalized spacial score (nSPS) is 23.2. The molecule has 2 heteroatoms. The van der Waals surface area contributed by atoms with E-state index in [0.29, 0.717) is 17.6 Å². The first-order valence-electron chi connectivity index (χ1n) is 6.87. The van der Waals surface area contributed by atoms with Crippen molar-refractivity contribution in [3.05, 3.63) is 0 Å². The minimum atomic E-state index is 0.343. The molecule has 0 bridgehead atoms. The zero-order valence-electron chi connectivity index (χ0n) is 11.3. The molecule has 2 nitrogen and oxygen atoms in total. The molecule has 1 atom stereocenters. The van der Waals surface area contributed by atoms with Crippen LogP contribution in [0.5, 0.6) is 0 Å². The van der Waals surface area contributed by atoms with Crippen molar-refractivity contribution < 1.29 is 4.74 Å². The Bertz CT molecular complexity index is 179. The second-order valence-corrected chi connectivity index (χ2v) is 6.21. The molecule has 1 saturated carbocycles. The molecule has 0 aromatic heterocycles. The molecule has 0 aromatic carbocycles. The van der Waals surface area contributed by atoms with Crippen molar-refractivity contribution in [1.82, 2.24) is 0 Å². The van der Waals surface area contributed by atoms with Crippen molar-refractivity contribution >= 4 is 0 Å². The van der Waals surface area contributed by atoms with E-state index >= 15 is 0 Å². The summed E-state index contributed by atoms with van der Waals surface area (Å²) in [4.78, 5) is 0. The van der Waals surface area contributed by atoms with Gasteiger partial charge in [-0.25, -0.2) is 0 Å². The predicted octanol–water partition coefficient (Wildman–Crippen LogP) is 3.49. The molecule has 2 N–H and O–H groups in total. The van der Waals surface area contributed by atoms with Gasteiger partial charge in [-0.3, -0.25) is 0 Å². The Morgan fingerprint density at radius 2 is 1.88 bits per heavy atom. The third-order valence-electron chi connectivity index (χ3n) is 3.69. The number of rotatable bonds is 6. The molecular weight excluding hydrogens is 198 g/mol. The molecule has 0 aliphatic heterocycles. The van der Waals surface area contributed by atoms with Crippen LogP contribution >= 0.6 is 0 Å². The summed E-state index contributed by atoms with van der Waals surface area (Å²) in [6.45, 7) is 7.74. The first-order chi connectivity index (χ1) is 7.49. The van der Waals surface area contributed by atoms with Gasteiger partial charge in [0.1, 0.15) is 0 Å². The molecule has 0 radical (unpaired) electrons. The van der Waals surface area contributed by atoms with Crippen LogP contribution < -0.4 is 5.73 Å². The van der Waals surface area contributed by atoms with Gasteiger partial charge < -0.3 is 10.5 Å². The molecule has 1 fully saturated rings. The SMILES string of the molecule is CC(N)CCCCOC1CCC(C)(C)CC1. The van der Waals surface area contributed by atoms with Crippen molar-refractivity contribution in [1.29, 1.82) is 0 Å². The molecule has 0 aromatic rings. The van der Waals surface area contributed by atoms with E-state index in [9.17, 15) is 0 Å². The molecule has 96 valence electrons. The van der Waals surface area contributed by atoms with Crippen molar-refractivity contribution in [3.8, 4) is 0 Å². The van der Waals surface area contributed by atoms with Crippen LogP contribution in [0.4, 0.5) is 0 Å². The van der Waals surface area contributed by atoms with E-state index in [-0.39, 0.29) is 0 Å². The lowest BCUT2D eigenvalue weighted by atomic mass is 9.76. The van der Waals surface area contributed by atoms with Gasteiger partial charge >= 0.3 is 0 Å². The Morgan fingerprint density at radius 1 is 1.25 bits per heavy atom. The molecule has 1 aliphatic carbocycles. The van der Waals surface area contributed by atoms with Crippen LogP contribution in [0.15, 0.2) is 0 Å². The Morgan fingerprint density at radius 3 is 2.44 bits per heavy atom.